The Balaban J connectivity index is 2.58. The lowest BCUT2D eigenvalue weighted by molar-refractivity contribution is 0.147. The topological polar surface area (TPSA) is 15.3 Å². The predicted molar refractivity (Wildman–Crippen MR) is 81.0 cm³/mol. The summed E-state index contributed by atoms with van der Waals surface area (Å²) in [5, 5.41) is 3.56. The SMILES string of the molecule is CNC1CCCCCC1CN(CC(C)C)C(C)C. The van der Waals surface area contributed by atoms with Crippen LogP contribution >= 0.6 is 0 Å². The van der Waals surface area contributed by atoms with E-state index in [4.69, 9.17) is 0 Å². The molecule has 2 unspecified atom stereocenters. The van der Waals surface area contributed by atoms with Gasteiger partial charge < -0.3 is 10.2 Å². The first-order valence-electron chi connectivity index (χ1n) is 7.96. The molecule has 1 fully saturated rings. The third kappa shape index (κ3) is 5.27. The predicted octanol–water partition coefficient (Wildman–Crippen LogP) is 3.52. The summed E-state index contributed by atoms with van der Waals surface area (Å²) in [5.74, 6) is 1.62. The molecule has 1 aliphatic carbocycles. The van der Waals surface area contributed by atoms with Crippen molar-refractivity contribution < 1.29 is 0 Å². The van der Waals surface area contributed by atoms with Gasteiger partial charge in [0.25, 0.3) is 0 Å². The van der Waals surface area contributed by atoms with Gasteiger partial charge >= 0.3 is 0 Å². The maximum Gasteiger partial charge on any atom is 0.0104 e. The smallest absolute Gasteiger partial charge is 0.0104 e. The molecule has 108 valence electrons. The van der Waals surface area contributed by atoms with E-state index in [0.717, 1.165) is 17.9 Å². The first kappa shape index (κ1) is 16.0. The van der Waals surface area contributed by atoms with E-state index in [9.17, 15) is 0 Å². The monoisotopic (exact) mass is 254 g/mol. The van der Waals surface area contributed by atoms with Gasteiger partial charge in [0.05, 0.1) is 0 Å². The van der Waals surface area contributed by atoms with Crippen molar-refractivity contribution >= 4 is 0 Å². The third-order valence-corrected chi connectivity index (χ3v) is 4.33. The van der Waals surface area contributed by atoms with E-state index in [2.05, 4.69) is 45.0 Å². The van der Waals surface area contributed by atoms with Crippen LogP contribution in [0.3, 0.4) is 0 Å². The van der Waals surface area contributed by atoms with Gasteiger partial charge in [-0.2, -0.15) is 0 Å². The molecule has 0 heterocycles. The highest BCUT2D eigenvalue weighted by Crippen LogP contribution is 2.25. The van der Waals surface area contributed by atoms with Gasteiger partial charge in [0, 0.05) is 25.2 Å². The van der Waals surface area contributed by atoms with Crippen LogP contribution in [0.2, 0.25) is 0 Å². The quantitative estimate of drug-likeness (QED) is 0.730. The van der Waals surface area contributed by atoms with E-state index < -0.39 is 0 Å². The fourth-order valence-corrected chi connectivity index (χ4v) is 3.25. The van der Waals surface area contributed by atoms with Gasteiger partial charge in [0.15, 0.2) is 0 Å². The summed E-state index contributed by atoms with van der Waals surface area (Å²) in [6, 6.07) is 1.41. The summed E-state index contributed by atoms with van der Waals surface area (Å²) in [6.07, 6.45) is 7.05. The lowest BCUT2D eigenvalue weighted by Crippen LogP contribution is -2.44. The fraction of sp³-hybridized carbons (Fsp3) is 1.00. The zero-order chi connectivity index (χ0) is 13.5. The van der Waals surface area contributed by atoms with Gasteiger partial charge in [-0.25, -0.2) is 0 Å². The molecule has 0 radical (unpaired) electrons. The van der Waals surface area contributed by atoms with Gasteiger partial charge in [-0.15, -0.1) is 0 Å². The largest absolute Gasteiger partial charge is 0.317 e. The van der Waals surface area contributed by atoms with E-state index in [1.165, 1.54) is 45.2 Å². The van der Waals surface area contributed by atoms with Crippen LogP contribution in [0.15, 0.2) is 0 Å². The van der Waals surface area contributed by atoms with Crippen molar-refractivity contribution in [3.05, 3.63) is 0 Å². The molecular formula is C16H34N2. The lowest BCUT2D eigenvalue weighted by Gasteiger charge is -2.35. The molecule has 0 aromatic heterocycles. The second-order valence-electron chi connectivity index (χ2n) is 6.73. The van der Waals surface area contributed by atoms with Crippen molar-refractivity contribution in [1.29, 1.82) is 0 Å². The second-order valence-corrected chi connectivity index (χ2v) is 6.73. The lowest BCUT2D eigenvalue weighted by atomic mass is 9.93. The molecule has 0 aromatic carbocycles. The van der Waals surface area contributed by atoms with Crippen LogP contribution in [0.4, 0.5) is 0 Å². The van der Waals surface area contributed by atoms with Crippen molar-refractivity contribution in [2.75, 3.05) is 20.1 Å². The molecule has 1 aliphatic rings. The first-order chi connectivity index (χ1) is 8.54. The van der Waals surface area contributed by atoms with Crippen molar-refractivity contribution in [3.8, 4) is 0 Å². The summed E-state index contributed by atoms with van der Waals surface area (Å²) < 4.78 is 0. The van der Waals surface area contributed by atoms with Crippen LogP contribution in [-0.2, 0) is 0 Å². The standard InChI is InChI=1S/C16H34N2/c1-13(2)11-18(14(3)4)12-15-9-7-6-8-10-16(15)17-5/h13-17H,6-12H2,1-5H3. The van der Waals surface area contributed by atoms with Gasteiger partial charge in [-0.05, 0) is 45.6 Å². The highest BCUT2D eigenvalue weighted by Gasteiger charge is 2.25. The molecule has 0 saturated heterocycles. The van der Waals surface area contributed by atoms with Crippen molar-refractivity contribution in [3.63, 3.8) is 0 Å². The Morgan fingerprint density at radius 3 is 2.28 bits per heavy atom. The summed E-state index contributed by atoms with van der Waals surface area (Å²) in [5.41, 5.74) is 0. The average Bonchev–Trinajstić information content (AvgIpc) is 2.52. The molecule has 0 aliphatic heterocycles. The summed E-state index contributed by atoms with van der Waals surface area (Å²) in [7, 11) is 2.14. The summed E-state index contributed by atoms with van der Waals surface area (Å²) >= 11 is 0. The highest BCUT2D eigenvalue weighted by molar-refractivity contribution is 4.82. The van der Waals surface area contributed by atoms with E-state index in [1.54, 1.807) is 0 Å². The molecule has 1 saturated carbocycles. The summed E-state index contributed by atoms with van der Waals surface area (Å²) in [4.78, 5) is 2.69. The zero-order valence-electron chi connectivity index (χ0n) is 13.2. The minimum atomic E-state index is 0.674. The molecule has 2 heteroatoms. The Bertz CT molecular complexity index is 213. The van der Waals surface area contributed by atoms with Crippen LogP contribution in [0.5, 0.6) is 0 Å². The van der Waals surface area contributed by atoms with Gasteiger partial charge in [-0.3, -0.25) is 0 Å². The highest BCUT2D eigenvalue weighted by atomic mass is 15.2. The van der Waals surface area contributed by atoms with E-state index in [0.29, 0.717) is 6.04 Å². The molecule has 18 heavy (non-hydrogen) atoms. The number of nitrogens with one attached hydrogen (secondary N) is 1. The third-order valence-electron chi connectivity index (χ3n) is 4.33. The molecule has 0 spiro atoms. The van der Waals surface area contributed by atoms with Crippen LogP contribution in [0, 0.1) is 11.8 Å². The van der Waals surface area contributed by atoms with Crippen LogP contribution in [0.25, 0.3) is 0 Å². The summed E-state index contributed by atoms with van der Waals surface area (Å²) in [6.45, 7) is 11.9. The van der Waals surface area contributed by atoms with Crippen LogP contribution in [-0.4, -0.2) is 37.1 Å². The number of nitrogens with zero attached hydrogens (tertiary/aromatic N) is 1. The van der Waals surface area contributed by atoms with Crippen LogP contribution in [0.1, 0.15) is 59.8 Å². The van der Waals surface area contributed by atoms with E-state index in [1.807, 2.05) is 0 Å². The van der Waals surface area contributed by atoms with Crippen LogP contribution < -0.4 is 5.32 Å². The van der Waals surface area contributed by atoms with Crippen molar-refractivity contribution in [2.45, 2.75) is 71.9 Å². The Morgan fingerprint density at radius 1 is 1.06 bits per heavy atom. The molecule has 1 N–H and O–H groups in total. The maximum absolute atomic E-state index is 3.56. The molecular weight excluding hydrogens is 220 g/mol. The second kappa shape index (κ2) is 8.16. The molecule has 2 nitrogen and oxygen atoms in total. The first-order valence-corrected chi connectivity index (χ1v) is 7.96. The molecule has 2 atom stereocenters. The van der Waals surface area contributed by atoms with Gasteiger partial charge in [0.1, 0.15) is 0 Å². The van der Waals surface area contributed by atoms with E-state index >= 15 is 0 Å². The fourth-order valence-electron chi connectivity index (χ4n) is 3.25. The number of rotatable bonds is 6. The molecule has 0 aromatic rings. The van der Waals surface area contributed by atoms with Gasteiger partial charge in [0.2, 0.25) is 0 Å². The minimum Gasteiger partial charge on any atom is -0.317 e. The average molecular weight is 254 g/mol. The minimum absolute atomic E-state index is 0.674. The van der Waals surface area contributed by atoms with Crippen molar-refractivity contribution in [1.82, 2.24) is 10.2 Å². The zero-order valence-corrected chi connectivity index (χ0v) is 13.2. The Hall–Kier alpha value is -0.0800. The van der Waals surface area contributed by atoms with E-state index in [-0.39, 0.29) is 0 Å². The molecule has 1 rings (SSSR count). The Labute approximate surface area is 115 Å². The van der Waals surface area contributed by atoms with Gasteiger partial charge in [-0.1, -0.05) is 33.1 Å². The maximum atomic E-state index is 3.56. The Kier molecular flexibility index (Phi) is 7.25. The van der Waals surface area contributed by atoms with Crippen molar-refractivity contribution in [2.24, 2.45) is 11.8 Å². The Morgan fingerprint density at radius 2 is 1.72 bits per heavy atom. The molecule has 0 bridgehead atoms. The number of hydrogen-bond acceptors (Lipinski definition) is 2. The molecule has 0 amide bonds. The normalized spacial score (nSPS) is 26.0. The number of hydrogen-bond donors (Lipinski definition) is 1.